The Morgan fingerprint density at radius 3 is 2.69 bits per heavy atom. The Hall–Kier alpha value is -0.460. The van der Waals surface area contributed by atoms with Crippen molar-refractivity contribution in [2.24, 2.45) is 5.73 Å². The van der Waals surface area contributed by atoms with Crippen molar-refractivity contribution >= 4 is 23.4 Å². The van der Waals surface area contributed by atoms with Crippen LogP contribution in [0, 0.1) is 0 Å². The predicted octanol–water partition coefficient (Wildman–Crippen LogP) is 3.11. The van der Waals surface area contributed by atoms with Gasteiger partial charge in [0.15, 0.2) is 0 Å². The van der Waals surface area contributed by atoms with Crippen LogP contribution in [0.1, 0.15) is 6.42 Å². The molecule has 1 unspecified atom stereocenters. The molecule has 0 amide bonds. The molecule has 0 aliphatic carbocycles. The summed E-state index contributed by atoms with van der Waals surface area (Å²) in [5, 5.41) is -1.16. The zero-order valence-corrected chi connectivity index (χ0v) is 9.74. The highest BCUT2D eigenvalue weighted by Crippen LogP contribution is 2.38. The van der Waals surface area contributed by atoms with Crippen molar-refractivity contribution in [2.45, 2.75) is 22.9 Å². The number of pyridine rings is 1. The fourth-order valence-electron chi connectivity index (χ4n) is 1.03. The summed E-state index contributed by atoms with van der Waals surface area (Å²) in [6.07, 6.45) is -3.05. The SMILES string of the molecule is NCCC(Sc1ncccc1Cl)C(F)(F)F. The number of nitrogens with two attached hydrogens (primary N) is 1. The molecule has 0 fully saturated rings. The zero-order valence-electron chi connectivity index (χ0n) is 8.17. The van der Waals surface area contributed by atoms with Crippen LogP contribution in [0.3, 0.4) is 0 Å². The molecule has 0 aliphatic rings. The van der Waals surface area contributed by atoms with Gasteiger partial charge < -0.3 is 5.73 Å². The first-order valence-corrected chi connectivity index (χ1v) is 5.75. The van der Waals surface area contributed by atoms with Crippen LogP contribution in [0.25, 0.3) is 0 Å². The minimum Gasteiger partial charge on any atom is -0.330 e. The number of hydrogen-bond donors (Lipinski definition) is 1. The molecular weight excluding hydrogens is 261 g/mol. The van der Waals surface area contributed by atoms with Crippen molar-refractivity contribution in [1.29, 1.82) is 0 Å². The smallest absolute Gasteiger partial charge is 0.330 e. The lowest BCUT2D eigenvalue weighted by atomic mass is 10.3. The van der Waals surface area contributed by atoms with Crippen molar-refractivity contribution in [2.75, 3.05) is 6.54 Å². The van der Waals surface area contributed by atoms with E-state index in [0.717, 1.165) is 0 Å². The second-order valence-corrected chi connectivity index (χ2v) is 4.61. The van der Waals surface area contributed by atoms with E-state index in [1.807, 2.05) is 0 Å². The third-order valence-electron chi connectivity index (χ3n) is 1.77. The fraction of sp³-hybridized carbons (Fsp3) is 0.444. The van der Waals surface area contributed by atoms with Gasteiger partial charge in [-0.15, -0.1) is 0 Å². The summed E-state index contributed by atoms with van der Waals surface area (Å²) >= 11 is 6.34. The Labute approximate surface area is 100 Å². The van der Waals surface area contributed by atoms with Crippen LogP contribution in [-0.4, -0.2) is 23.0 Å². The van der Waals surface area contributed by atoms with Gasteiger partial charge in [0, 0.05) is 6.20 Å². The molecule has 0 aliphatic heterocycles. The summed E-state index contributed by atoms with van der Waals surface area (Å²) in [5.41, 5.74) is 5.15. The highest BCUT2D eigenvalue weighted by molar-refractivity contribution is 8.00. The fourth-order valence-corrected chi connectivity index (χ4v) is 2.25. The van der Waals surface area contributed by atoms with Crippen LogP contribution in [0.15, 0.2) is 23.4 Å². The Morgan fingerprint density at radius 2 is 2.19 bits per heavy atom. The minimum absolute atomic E-state index is 0.0262. The highest BCUT2D eigenvalue weighted by atomic mass is 35.5. The van der Waals surface area contributed by atoms with Crippen LogP contribution in [0.4, 0.5) is 13.2 Å². The second-order valence-electron chi connectivity index (χ2n) is 3.02. The Bertz CT molecular complexity index is 346. The summed E-state index contributed by atoms with van der Waals surface area (Å²) in [6.45, 7) is -0.0262. The predicted molar refractivity (Wildman–Crippen MR) is 58.6 cm³/mol. The van der Waals surface area contributed by atoms with E-state index in [0.29, 0.717) is 11.8 Å². The second kappa shape index (κ2) is 5.75. The molecule has 16 heavy (non-hydrogen) atoms. The number of nitrogens with zero attached hydrogens (tertiary/aromatic N) is 1. The molecule has 7 heteroatoms. The molecular formula is C9H10ClF3N2S. The molecule has 0 aromatic carbocycles. The molecule has 0 spiro atoms. The summed E-state index contributed by atoms with van der Waals surface area (Å²) in [7, 11) is 0. The molecule has 2 nitrogen and oxygen atoms in total. The van der Waals surface area contributed by atoms with Gasteiger partial charge in [-0.05, 0) is 25.1 Å². The van der Waals surface area contributed by atoms with Gasteiger partial charge in [-0.1, -0.05) is 23.4 Å². The van der Waals surface area contributed by atoms with Crippen molar-refractivity contribution in [3.63, 3.8) is 0 Å². The average molecular weight is 271 g/mol. The Morgan fingerprint density at radius 1 is 1.50 bits per heavy atom. The van der Waals surface area contributed by atoms with Gasteiger partial charge in [0.2, 0.25) is 0 Å². The van der Waals surface area contributed by atoms with Gasteiger partial charge in [0.25, 0.3) is 0 Å². The topological polar surface area (TPSA) is 38.9 Å². The monoisotopic (exact) mass is 270 g/mol. The summed E-state index contributed by atoms with van der Waals surface area (Å²) < 4.78 is 37.7. The van der Waals surface area contributed by atoms with Crippen molar-refractivity contribution in [1.82, 2.24) is 4.98 Å². The van der Waals surface area contributed by atoms with E-state index in [-0.39, 0.29) is 23.0 Å². The maximum atomic E-state index is 12.6. The van der Waals surface area contributed by atoms with Crippen LogP contribution in [0.5, 0.6) is 0 Å². The van der Waals surface area contributed by atoms with Crippen molar-refractivity contribution < 1.29 is 13.2 Å². The standard InChI is InChI=1S/C9H10ClF3N2S/c10-6-2-1-5-15-8(6)16-7(3-4-14)9(11,12)13/h1-2,5,7H,3-4,14H2. The van der Waals surface area contributed by atoms with Crippen molar-refractivity contribution in [3.8, 4) is 0 Å². The van der Waals surface area contributed by atoms with Gasteiger partial charge in [0.05, 0.1) is 5.02 Å². The normalized spacial score (nSPS) is 13.8. The number of alkyl halides is 3. The van der Waals surface area contributed by atoms with Gasteiger partial charge in [-0.2, -0.15) is 13.2 Å². The maximum absolute atomic E-state index is 12.6. The molecule has 90 valence electrons. The van der Waals surface area contributed by atoms with E-state index < -0.39 is 11.4 Å². The van der Waals surface area contributed by atoms with E-state index >= 15 is 0 Å². The van der Waals surface area contributed by atoms with E-state index in [9.17, 15) is 13.2 Å². The molecule has 1 aromatic rings. The first kappa shape index (κ1) is 13.6. The van der Waals surface area contributed by atoms with Crippen molar-refractivity contribution in [3.05, 3.63) is 23.4 Å². The molecule has 0 saturated carbocycles. The third-order valence-corrected chi connectivity index (χ3v) is 3.53. The lowest BCUT2D eigenvalue weighted by Gasteiger charge is -2.18. The number of hydrogen-bond acceptors (Lipinski definition) is 3. The van der Waals surface area contributed by atoms with E-state index in [4.69, 9.17) is 17.3 Å². The van der Waals surface area contributed by atoms with Gasteiger partial charge in [-0.3, -0.25) is 0 Å². The van der Waals surface area contributed by atoms with Crippen LogP contribution < -0.4 is 5.73 Å². The number of rotatable bonds is 4. The van der Waals surface area contributed by atoms with E-state index in [1.165, 1.54) is 12.3 Å². The molecule has 1 heterocycles. The molecule has 1 atom stereocenters. The summed E-state index contributed by atoms with van der Waals surface area (Å²) in [5.74, 6) is 0. The van der Waals surface area contributed by atoms with Gasteiger partial charge in [-0.25, -0.2) is 4.98 Å². The number of aromatic nitrogens is 1. The number of halogens is 4. The first-order chi connectivity index (χ1) is 7.45. The molecule has 2 N–H and O–H groups in total. The molecule has 1 rings (SSSR count). The Kier molecular flexibility index (Phi) is 4.89. The average Bonchev–Trinajstić information content (AvgIpc) is 2.19. The quantitative estimate of drug-likeness (QED) is 0.855. The molecule has 0 saturated heterocycles. The minimum atomic E-state index is -4.30. The van der Waals surface area contributed by atoms with E-state index in [2.05, 4.69) is 4.98 Å². The van der Waals surface area contributed by atoms with Crippen LogP contribution in [0.2, 0.25) is 5.02 Å². The molecule has 0 bridgehead atoms. The molecule has 0 radical (unpaired) electrons. The van der Waals surface area contributed by atoms with Gasteiger partial charge in [0.1, 0.15) is 10.3 Å². The lowest BCUT2D eigenvalue weighted by molar-refractivity contribution is -0.129. The van der Waals surface area contributed by atoms with Crippen LogP contribution >= 0.6 is 23.4 Å². The first-order valence-electron chi connectivity index (χ1n) is 4.49. The van der Waals surface area contributed by atoms with Gasteiger partial charge >= 0.3 is 6.18 Å². The largest absolute Gasteiger partial charge is 0.401 e. The Balaban J connectivity index is 2.80. The summed E-state index contributed by atoms with van der Waals surface area (Å²) in [4.78, 5) is 3.80. The van der Waals surface area contributed by atoms with Crippen LogP contribution in [-0.2, 0) is 0 Å². The zero-order chi connectivity index (χ0) is 12.2. The lowest BCUT2D eigenvalue weighted by Crippen LogP contribution is -2.28. The third kappa shape index (κ3) is 3.84. The summed E-state index contributed by atoms with van der Waals surface area (Å²) in [6, 6.07) is 3.07. The maximum Gasteiger partial charge on any atom is 0.401 e. The highest BCUT2D eigenvalue weighted by Gasteiger charge is 2.40. The molecule has 1 aromatic heterocycles. The number of thioether (sulfide) groups is 1. The van der Waals surface area contributed by atoms with E-state index in [1.54, 1.807) is 6.07 Å².